The van der Waals surface area contributed by atoms with Crippen molar-refractivity contribution in [2.45, 2.75) is 49.6 Å². The Morgan fingerprint density at radius 1 is 0.877 bits per heavy atom. The number of nitrogens with two attached hydrogens (primary N) is 1. The van der Waals surface area contributed by atoms with Crippen LogP contribution in [0.1, 0.15) is 61.2 Å². The first-order valence-corrected chi connectivity index (χ1v) is 17.0. The number of amides is 4. The van der Waals surface area contributed by atoms with E-state index in [0.717, 1.165) is 41.4 Å². The minimum absolute atomic E-state index is 0.0465. The van der Waals surface area contributed by atoms with E-state index in [1.807, 2.05) is 0 Å². The minimum Gasteiger partial charge on any atom is -0.366 e. The van der Waals surface area contributed by atoms with Gasteiger partial charge in [-0.25, -0.2) is 35.6 Å². The van der Waals surface area contributed by atoms with Gasteiger partial charge in [0.2, 0.25) is 6.04 Å². The first kappa shape index (κ1) is 38.9. The number of carbonyl (C=O) groups excluding carboxylic acids is 4. The summed E-state index contributed by atoms with van der Waals surface area (Å²) < 4.78 is 131. The molecule has 3 aromatic carbocycles. The average Bonchev–Trinajstić information content (AvgIpc) is 3.66. The van der Waals surface area contributed by atoms with Crippen LogP contribution in [0.15, 0.2) is 89.3 Å². The predicted octanol–water partition coefficient (Wildman–Crippen LogP) is 6.90. The number of aromatic nitrogens is 1. The fourth-order valence-corrected chi connectivity index (χ4v) is 7.14. The normalized spacial score (nSPS) is 18.7. The molecule has 3 heterocycles. The fourth-order valence-electron chi connectivity index (χ4n) is 7.14. The Labute approximate surface area is 315 Å². The zero-order valence-electron chi connectivity index (χ0n) is 28.9. The zero-order valence-corrected chi connectivity index (χ0v) is 28.9. The Morgan fingerprint density at radius 3 is 2.12 bits per heavy atom. The number of hydrogen-bond donors (Lipinski definition) is 2. The van der Waals surface area contributed by atoms with Crippen LogP contribution in [-0.4, -0.2) is 64.2 Å². The van der Waals surface area contributed by atoms with Crippen molar-refractivity contribution in [2.75, 3.05) is 11.4 Å². The molecule has 0 spiro atoms. The van der Waals surface area contributed by atoms with Crippen molar-refractivity contribution >= 4 is 29.3 Å². The molecule has 1 aliphatic carbocycles. The molecule has 0 fully saturated rings. The number of imide groups is 1. The summed E-state index contributed by atoms with van der Waals surface area (Å²) in [5, 5.41) is 5.77. The highest BCUT2D eigenvalue weighted by molar-refractivity contribution is 6.34. The summed E-state index contributed by atoms with van der Waals surface area (Å²) in [6.45, 7) is -1.31. The molecule has 0 saturated carbocycles. The van der Waals surface area contributed by atoms with Gasteiger partial charge >= 0.3 is 5.92 Å². The summed E-state index contributed by atoms with van der Waals surface area (Å²) in [4.78, 5) is 57.8. The number of hydrogen-bond acceptors (Lipinski definition) is 6. The number of pyridine rings is 1. The average molecular weight is 802 g/mol. The van der Waals surface area contributed by atoms with E-state index in [-0.39, 0.29) is 43.9 Å². The van der Waals surface area contributed by atoms with Crippen molar-refractivity contribution in [3.8, 4) is 11.1 Å². The van der Waals surface area contributed by atoms with E-state index in [9.17, 15) is 49.9 Å². The van der Waals surface area contributed by atoms with E-state index in [2.05, 4.69) is 15.4 Å². The number of carbonyl (C=O) groups is 4. The smallest absolute Gasteiger partial charge is 0.332 e. The molecule has 3 aliphatic rings. The number of fused-ring (bicyclic) bond motifs is 1. The van der Waals surface area contributed by atoms with Crippen molar-refractivity contribution in [2.24, 2.45) is 10.8 Å². The van der Waals surface area contributed by atoms with Crippen LogP contribution in [0.3, 0.4) is 0 Å². The van der Waals surface area contributed by atoms with Gasteiger partial charge in [0.1, 0.15) is 23.0 Å². The Kier molecular flexibility index (Phi) is 9.73. The van der Waals surface area contributed by atoms with Gasteiger partial charge in [-0.15, -0.1) is 0 Å². The number of nitrogens with zero attached hydrogens (tertiary/aromatic N) is 4. The van der Waals surface area contributed by atoms with Crippen molar-refractivity contribution in [3.63, 3.8) is 0 Å². The highest BCUT2D eigenvalue weighted by Gasteiger charge is 2.64. The van der Waals surface area contributed by atoms with Gasteiger partial charge in [0.25, 0.3) is 48.2 Å². The lowest BCUT2D eigenvalue weighted by atomic mass is 9.86. The number of allylic oxidation sites excluding steroid dienone is 1. The van der Waals surface area contributed by atoms with Crippen molar-refractivity contribution in [1.82, 2.24) is 10.3 Å². The van der Waals surface area contributed by atoms with Gasteiger partial charge < -0.3 is 11.1 Å². The van der Waals surface area contributed by atoms with E-state index >= 15 is 8.78 Å². The van der Waals surface area contributed by atoms with Crippen LogP contribution < -0.4 is 16.0 Å². The lowest BCUT2D eigenvalue weighted by Crippen LogP contribution is -2.42. The van der Waals surface area contributed by atoms with E-state index in [4.69, 9.17) is 5.73 Å². The van der Waals surface area contributed by atoms with Crippen LogP contribution in [0, 0.1) is 17.5 Å². The molecular weight excluding hydrogens is 775 g/mol. The second-order valence-corrected chi connectivity index (χ2v) is 13.4. The van der Waals surface area contributed by atoms with Crippen LogP contribution >= 0.6 is 0 Å². The highest BCUT2D eigenvalue weighted by Crippen LogP contribution is 2.51. The maximum atomic E-state index is 15.1. The van der Waals surface area contributed by atoms with Crippen LogP contribution in [0.2, 0.25) is 0 Å². The molecule has 4 aromatic rings. The Morgan fingerprint density at radius 2 is 1.51 bits per heavy atom. The topological polar surface area (TPSA) is 138 Å². The molecule has 4 amide bonds. The summed E-state index contributed by atoms with van der Waals surface area (Å²) in [5.74, 6) is -15.4. The number of benzene rings is 3. The van der Waals surface area contributed by atoms with E-state index < -0.39 is 114 Å². The number of anilines is 1. The van der Waals surface area contributed by atoms with Crippen LogP contribution in [0.5, 0.6) is 0 Å². The highest BCUT2D eigenvalue weighted by atomic mass is 19.3. The molecule has 0 saturated heterocycles. The Bertz CT molecular complexity index is 2400. The molecule has 10 nitrogen and oxygen atoms in total. The third kappa shape index (κ3) is 7.12. The standard InChI is InChI=1S/C38H25F9N6O4/c39-19-9-17(10-20(40)13-19)11-27(50-28(54)16-52-32-29(31(51-52)33(42)43)37(44,45)7-8-38(32,46)47)30-24(18-5-6-26(41)25(12-18)34(48)55)14-21(15-49-30)53-35(56)22-3-1-2-4-23(22)36(53)57/h1-6,9-10,12-15,27,31,33H,7-8,11,16H2,(H2-,48,50,54,55)/p+1/t27-,31?/m0/s1. The molecule has 1 unspecified atom stereocenters. The molecule has 0 bridgehead atoms. The molecule has 2 atom stereocenters. The summed E-state index contributed by atoms with van der Waals surface area (Å²) >= 11 is 0. The molecule has 294 valence electrons. The maximum absolute atomic E-state index is 15.1. The molecule has 1 aromatic heterocycles. The number of halogens is 9. The number of alkyl halides is 6. The minimum atomic E-state index is -4.10. The van der Waals surface area contributed by atoms with Gasteiger partial charge in [0, 0.05) is 24.5 Å². The molecule has 57 heavy (non-hydrogen) atoms. The molecule has 0 radical (unpaired) electrons. The number of nitrogens with one attached hydrogen (secondary N) is 1. The van der Waals surface area contributed by atoms with Crippen molar-refractivity contribution in [1.29, 1.82) is 0 Å². The largest absolute Gasteiger partial charge is 0.366 e. The van der Waals surface area contributed by atoms with Crippen molar-refractivity contribution in [3.05, 3.63) is 130 Å². The maximum Gasteiger partial charge on any atom is 0.332 e. The quantitative estimate of drug-likeness (QED) is 0.102. The van der Waals surface area contributed by atoms with Crippen molar-refractivity contribution < 1.29 is 63.4 Å². The van der Waals surface area contributed by atoms with E-state index in [1.165, 1.54) is 30.3 Å². The lowest BCUT2D eigenvalue weighted by molar-refractivity contribution is -0.549. The molecular formula is C38H26F9N6O4+. The van der Waals surface area contributed by atoms with Gasteiger partial charge in [0.05, 0.1) is 40.3 Å². The predicted molar refractivity (Wildman–Crippen MR) is 180 cm³/mol. The molecule has 19 heteroatoms. The molecule has 7 rings (SSSR count). The third-order valence-corrected chi connectivity index (χ3v) is 9.62. The molecule has 2 aliphatic heterocycles. The van der Waals surface area contributed by atoms with E-state index in [1.54, 1.807) is 0 Å². The second kappa shape index (κ2) is 14.3. The van der Waals surface area contributed by atoms with Gasteiger partial charge in [-0.3, -0.25) is 24.2 Å². The lowest BCUT2D eigenvalue weighted by Gasteiger charge is -2.28. The van der Waals surface area contributed by atoms with Gasteiger partial charge in [-0.2, -0.15) is 8.78 Å². The number of azo groups is 2. The zero-order chi connectivity index (χ0) is 41.1. The van der Waals surface area contributed by atoms with Gasteiger partial charge in [-0.05, 0) is 65.1 Å². The number of primary amides is 1. The first-order chi connectivity index (χ1) is 26.9. The molecule has 3 N–H and O–H groups in total. The number of rotatable bonds is 10. The monoisotopic (exact) mass is 801 g/mol. The fraction of sp³-hybridized carbons (Fsp3) is 0.237. The Balaban J connectivity index is 1.34. The summed E-state index contributed by atoms with van der Waals surface area (Å²) in [6, 6.07) is 8.07. The van der Waals surface area contributed by atoms with Gasteiger partial charge in [-0.1, -0.05) is 22.9 Å². The second-order valence-electron chi connectivity index (χ2n) is 13.4. The SMILES string of the molecule is NC(=O)c1cc(-c2cc(N3C(=O)c4ccccc4C3=O)cnc2[C@H](Cc2cc(F)cc(F)c2)NC(=O)C[N+]2=NC(C(F)F)C3=C2C(F)(F)CCC3(F)F)ccc1F. The first-order valence-electron chi connectivity index (χ1n) is 17.0. The summed E-state index contributed by atoms with van der Waals surface area (Å²) in [7, 11) is 0. The van der Waals surface area contributed by atoms with Crippen LogP contribution in [-0.2, 0) is 11.2 Å². The summed E-state index contributed by atoms with van der Waals surface area (Å²) in [6.07, 6.45) is -6.05. The van der Waals surface area contributed by atoms with Gasteiger partial charge in [0.15, 0.2) is 0 Å². The summed E-state index contributed by atoms with van der Waals surface area (Å²) in [5.41, 5.74) is 0.948. The third-order valence-electron chi connectivity index (χ3n) is 9.62. The van der Waals surface area contributed by atoms with E-state index in [0.29, 0.717) is 6.07 Å². The van der Waals surface area contributed by atoms with Crippen LogP contribution in [0.25, 0.3) is 11.1 Å². The Hall–Kier alpha value is -6.40. The van der Waals surface area contributed by atoms with Crippen LogP contribution in [0.4, 0.5) is 45.2 Å².